The van der Waals surface area contributed by atoms with Crippen LogP contribution in [0, 0.1) is 0 Å². The van der Waals surface area contributed by atoms with E-state index in [1.165, 1.54) is 25.3 Å². The molecule has 2 N–H and O–H groups in total. The standard InChI is InChI=1S/C27H22ClN3O5/c1-3-16-7-13-21(14-8-16)31-25(33)22(28)23(26(31)34)29-20-6-4-5-18(15-20)24(32)30-19-11-9-17(10-12-19)27(35)36-2/h4-15,29H,3H2,1-2H3,(H,30,32). The first-order valence-corrected chi connectivity index (χ1v) is 11.4. The number of amides is 3. The van der Waals surface area contributed by atoms with Crippen molar-refractivity contribution >= 4 is 52.4 Å². The summed E-state index contributed by atoms with van der Waals surface area (Å²) in [6.45, 7) is 2.01. The van der Waals surface area contributed by atoms with Gasteiger partial charge < -0.3 is 15.4 Å². The van der Waals surface area contributed by atoms with Gasteiger partial charge in [-0.05, 0) is 66.6 Å². The number of aryl methyl sites for hydroxylation is 1. The number of carbonyl (C=O) groups is 4. The first kappa shape index (κ1) is 24.7. The minimum absolute atomic E-state index is 0.0720. The summed E-state index contributed by atoms with van der Waals surface area (Å²) in [6, 6.07) is 19.8. The van der Waals surface area contributed by atoms with Crippen LogP contribution in [0.25, 0.3) is 0 Å². The molecule has 4 rings (SSSR count). The zero-order valence-corrected chi connectivity index (χ0v) is 20.3. The number of nitrogens with one attached hydrogen (secondary N) is 2. The second kappa shape index (κ2) is 10.5. The molecule has 9 heteroatoms. The molecule has 1 aliphatic rings. The number of methoxy groups -OCH3 is 1. The third-order valence-corrected chi connectivity index (χ3v) is 5.94. The third-order valence-electron chi connectivity index (χ3n) is 5.59. The number of hydrogen-bond acceptors (Lipinski definition) is 6. The van der Waals surface area contributed by atoms with Crippen molar-refractivity contribution in [2.24, 2.45) is 0 Å². The first-order valence-electron chi connectivity index (χ1n) is 11.1. The largest absolute Gasteiger partial charge is 0.465 e. The molecule has 0 aliphatic carbocycles. The van der Waals surface area contributed by atoms with Gasteiger partial charge in [-0.25, -0.2) is 9.69 Å². The molecule has 1 aliphatic heterocycles. The number of esters is 1. The van der Waals surface area contributed by atoms with Crippen LogP contribution in [-0.4, -0.2) is 30.8 Å². The Morgan fingerprint density at radius 3 is 2.22 bits per heavy atom. The second-order valence-corrected chi connectivity index (χ2v) is 8.26. The molecule has 0 saturated carbocycles. The Kier molecular flexibility index (Phi) is 7.17. The fourth-order valence-electron chi connectivity index (χ4n) is 3.62. The van der Waals surface area contributed by atoms with E-state index in [1.807, 2.05) is 19.1 Å². The predicted molar refractivity (Wildman–Crippen MR) is 137 cm³/mol. The van der Waals surface area contributed by atoms with Crippen LogP contribution >= 0.6 is 11.6 Å². The van der Waals surface area contributed by atoms with Crippen molar-refractivity contribution in [3.8, 4) is 0 Å². The van der Waals surface area contributed by atoms with E-state index in [0.29, 0.717) is 28.2 Å². The van der Waals surface area contributed by atoms with Gasteiger partial charge in [-0.2, -0.15) is 0 Å². The predicted octanol–water partition coefficient (Wildman–Crippen LogP) is 4.72. The maximum absolute atomic E-state index is 13.0. The molecule has 182 valence electrons. The topological polar surface area (TPSA) is 105 Å². The van der Waals surface area contributed by atoms with E-state index in [9.17, 15) is 19.2 Å². The van der Waals surface area contributed by atoms with Crippen LogP contribution in [-0.2, 0) is 20.7 Å². The van der Waals surface area contributed by atoms with Crippen LogP contribution in [0.2, 0.25) is 0 Å². The monoisotopic (exact) mass is 503 g/mol. The van der Waals surface area contributed by atoms with Crippen molar-refractivity contribution in [1.82, 2.24) is 0 Å². The Labute approximate surface area is 212 Å². The zero-order chi connectivity index (χ0) is 25.8. The highest BCUT2D eigenvalue weighted by Crippen LogP contribution is 2.30. The first-order chi connectivity index (χ1) is 17.3. The zero-order valence-electron chi connectivity index (χ0n) is 19.5. The summed E-state index contributed by atoms with van der Waals surface area (Å²) in [4.78, 5) is 51.1. The maximum atomic E-state index is 13.0. The van der Waals surface area contributed by atoms with Gasteiger partial charge >= 0.3 is 5.97 Å². The maximum Gasteiger partial charge on any atom is 0.337 e. The lowest BCUT2D eigenvalue weighted by Crippen LogP contribution is -2.32. The van der Waals surface area contributed by atoms with Gasteiger partial charge in [-0.3, -0.25) is 14.4 Å². The smallest absolute Gasteiger partial charge is 0.337 e. The molecule has 0 radical (unpaired) electrons. The number of carbonyl (C=O) groups excluding carboxylic acids is 4. The molecule has 3 aromatic carbocycles. The molecule has 0 aromatic heterocycles. The fraction of sp³-hybridized carbons (Fsp3) is 0.111. The average molecular weight is 504 g/mol. The van der Waals surface area contributed by atoms with E-state index in [2.05, 4.69) is 15.4 Å². The van der Waals surface area contributed by atoms with Crippen molar-refractivity contribution in [3.05, 3.63) is 100 Å². The van der Waals surface area contributed by atoms with Gasteiger partial charge in [0.05, 0.1) is 18.4 Å². The lowest BCUT2D eigenvalue weighted by Gasteiger charge is -2.15. The summed E-state index contributed by atoms with van der Waals surface area (Å²) in [6.07, 6.45) is 0.830. The summed E-state index contributed by atoms with van der Waals surface area (Å²) < 4.78 is 4.66. The normalized spacial score (nSPS) is 13.1. The van der Waals surface area contributed by atoms with Crippen molar-refractivity contribution < 1.29 is 23.9 Å². The number of hydrogen-bond donors (Lipinski definition) is 2. The third kappa shape index (κ3) is 4.99. The molecule has 3 aromatic rings. The minimum Gasteiger partial charge on any atom is -0.465 e. The molecule has 1 heterocycles. The van der Waals surface area contributed by atoms with E-state index in [0.717, 1.165) is 16.9 Å². The van der Waals surface area contributed by atoms with Gasteiger partial charge in [-0.15, -0.1) is 0 Å². The lowest BCUT2D eigenvalue weighted by atomic mass is 10.1. The van der Waals surface area contributed by atoms with Crippen LogP contribution in [0.15, 0.2) is 83.5 Å². The van der Waals surface area contributed by atoms with Gasteiger partial charge in [-0.1, -0.05) is 36.7 Å². The van der Waals surface area contributed by atoms with Gasteiger partial charge in [0.25, 0.3) is 17.7 Å². The number of benzene rings is 3. The highest BCUT2D eigenvalue weighted by atomic mass is 35.5. The van der Waals surface area contributed by atoms with E-state index in [4.69, 9.17) is 11.6 Å². The van der Waals surface area contributed by atoms with Gasteiger partial charge in [0.1, 0.15) is 10.7 Å². The van der Waals surface area contributed by atoms with Crippen molar-refractivity contribution in [2.45, 2.75) is 13.3 Å². The van der Waals surface area contributed by atoms with E-state index in [-0.39, 0.29) is 10.7 Å². The molecule has 8 nitrogen and oxygen atoms in total. The number of ether oxygens (including phenoxy) is 1. The van der Waals surface area contributed by atoms with Crippen LogP contribution in [0.5, 0.6) is 0 Å². The summed E-state index contributed by atoms with van der Waals surface area (Å²) >= 11 is 6.22. The highest BCUT2D eigenvalue weighted by molar-refractivity contribution is 6.53. The number of imide groups is 1. The molecule has 36 heavy (non-hydrogen) atoms. The summed E-state index contributed by atoms with van der Waals surface area (Å²) in [5.74, 6) is -2.10. The van der Waals surface area contributed by atoms with Crippen LogP contribution in [0.3, 0.4) is 0 Å². The molecular weight excluding hydrogens is 482 g/mol. The van der Waals surface area contributed by atoms with Gasteiger partial charge in [0.15, 0.2) is 0 Å². The summed E-state index contributed by atoms with van der Waals surface area (Å²) in [7, 11) is 1.29. The molecular formula is C27H22ClN3O5. The number of anilines is 3. The Hall–Kier alpha value is -4.43. The van der Waals surface area contributed by atoms with Crippen LogP contribution < -0.4 is 15.5 Å². The molecule has 0 saturated heterocycles. The molecule has 0 bridgehead atoms. The highest BCUT2D eigenvalue weighted by Gasteiger charge is 2.39. The van der Waals surface area contributed by atoms with Crippen molar-refractivity contribution in [3.63, 3.8) is 0 Å². The van der Waals surface area contributed by atoms with Crippen LogP contribution in [0.1, 0.15) is 33.2 Å². The minimum atomic E-state index is -0.627. The Balaban J connectivity index is 1.49. The number of halogens is 1. The Morgan fingerprint density at radius 1 is 0.889 bits per heavy atom. The summed E-state index contributed by atoms with van der Waals surface area (Å²) in [5, 5.41) is 5.39. The molecule has 0 unspecified atom stereocenters. The molecule has 0 spiro atoms. The lowest BCUT2D eigenvalue weighted by molar-refractivity contribution is -0.120. The molecule has 0 fully saturated rings. The van der Waals surface area contributed by atoms with E-state index < -0.39 is 23.7 Å². The van der Waals surface area contributed by atoms with Gasteiger partial charge in [0, 0.05) is 16.9 Å². The van der Waals surface area contributed by atoms with E-state index >= 15 is 0 Å². The fourth-order valence-corrected chi connectivity index (χ4v) is 3.83. The van der Waals surface area contributed by atoms with Crippen molar-refractivity contribution in [2.75, 3.05) is 22.6 Å². The Bertz CT molecular complexity index is 1380. The van der Waals surface area contributed by atoms with E-state index in [1.54, 1.807) is 42.5 Å². The van der Waals surface area contributed by atoms with Crippen LogP contribution in [0.4, 0.5) is 17.1 Å². The van der Waals surface area contributed by atoms with Crippen molar-refractivity contribution in [1.29, 1.82) is 0 Å². The second-order valence-electron chi connectivity index (χ2n) is 7.88. The molecule has 3 amide bonds. The summed E-state index contributed by atoms with van der Waals surface area (Å²) in [5.41, 5.74) is 2.97. The Morgan fingerprint density at radius 2 is 1.58 bits per heavy atom. The average Bonchev–Trinajstić information content (AvgIpc) is 3.11. The molecule has 0 atom stereocenters. The number of rotatable bonds is 7. The SMILES string of the molecule is CCc1ccc(N2C(=O)C(Cl)=C(Nc3cccc(C(=O)Nc4ccc(C(=O)OC)cc4)c3)C2=O)cc1. The quantitative estimate of drug-likeness (QED) is 0.357. The van der Waals surface area contributed by atoms with Gasteiger partial charge in [0.2, 0.25) is 0 Å². The number of nitrogens with zero attached hydrogens (tertiary/aromatic N) is 1.